The molecule has 2 rings (SSSR count). The van der Waals surface area contributed by atoms with Crippen LogP contribution in [-0.4, -0.2) is 25.9 Å². The van der Waals surface area contributed by atoms with E-state index in [0.717, 1.165) is 11.3 Å². The maximum Gasteiger partial charge on any atom is 0.255 e. The van der Waals surface area contributed by atoms with Crippen LogP contribution in [0.1, 0.15) is 29.8 Å². The van der Waals surface area contributed by atoms with Crippen LogP contribution in [0.3, 0.4) is 0 Å². The van der Waals surface area contributed by atoms with Gasteiger partial charge < -0.3 is 15.5 Å². The molecule has 0 bridgehead atoms. The number of benzene rings is 2. The van der Waals surface area contributed by atoms with E-state index >= 15 is 0 Å². The van der Waals surface area contributed by atoms with Crippen molar-refractivity contribution in [1.29, 1.82) is 0 Å². The molecule has 0 aromatic heterocycles. The molecular formula is C20H25N3O2. The van der Waals surface area contributed by atoms with Crippen LogP contribution in [0.4, 0.5) is 17.1 Å². The van der Waals surface area contributed by atoms with E-state index in [1.165, 1.54) is 0 Å². The summed E-state index contributed by atoms with van der Waals surface area (Å²) in [6, 6.07) is 12.9. The number of hydrogen-bond donors (Lipinski definition) is 2. The Balaban J connectivity index is 2.20. The van der Waals surface area contributed by atoms with E-state index in [4.69, 9.17) is 0 Å². The zero-order valence-electron chi connectivity index (χ0n) is 15.4. The largest absolute Gasteiger partial charge is 0.378 e. The summed E-state index contributed by atoms with van der Waals surface area (Å²) in [6.07, 6.45) is 0. The predicted molar refractivity (Wildman–Crippen MR) is 103 cm³/mol. The summed E-state index contributed by atoms with van der Waals surface area (Å²) in [5.41, 5.74) is 3.83. The minimum atomic E-state index is -0.181. The Bertz CT molecular complexity index is 782. The molecule has 25 heavy (non-hydrogen) atoms. The van der Waals surface area contributed by atoms with E-state index in [-0.39, 0.29) is 17.7 Å². The average Bonchev–Trinajstić information content (AvgIpc) is 2.57. The van der Waals surface area contributed by atoms with E-state index < -0.39 is 0 Å². The number of nitrogens with zero attached hydrogens (tertiary/aromatic N) is 1. The van der Waals surface area contributed by atoms with Gasteiger partial charge in [0.05, 0.1) is 0 Å². The topological polar surface area (TPSA) is 61.4 Å². The molecule has 2 N–H and O–H groups in total. The highest BCUT2D eigenvalue weighted by atomic mass is 16.2. The SMILES string of the molecule is Cc1ccc(NC(=O)C(C)C)cc1NC(=O)c1cccc(N(C)C)c1. The minimum Gasteiger partial charge on any atom is -0.378 e. The molecule has 0 aliphatic carbocycles. The lowest BCUT2D eigenvalue weighted by Crippen LogP contribution is -2.18. The second-order valence-electron chi connectivity index (χ2n) is 6.57. The number of amides is 2. The standard InChI is InChI=1S/C20H25N3O2/c1-13(2)19(24)21-16-10-9-14(3)18(12-16)22-20(25)15-7-6-8-17(11-15)23(4)5/h6-13H,1-5H3,(H,21,24)(H,22,25). The van der Waals surface area contributed by atoms with Crippen LogP contribution in [0, 0.1) is 12.8 Å². The monoisotopic (exact) mass is 339 g/mol. The maximum atomic E-state index is 12.6. The Kier molecular flexibility index (Phi) is 5.80. The molecule has 2 aromatic carbocycles. The number of anilines is 3. The number of carbonyl (C=O) groups excluding carboxylic acids is 2. The van der Waals surface area contributed by atoms with E-state index in [0.29, 0.717) is 16.9 Å². The molecule has 0 atom stereocenters. The molecule has 0 radical (unpaired) electrons. The number of nitrogens with one attached hydrogen (secondary N) is 2. The fourth-order valence-electron chi connectivity index (χ4n) is 2.24. The zero-order chi connectivity index (χ0) is 18.6. The molecule has 0 heterocycles. The number of rotatable bonds is 5. The van der Waals surface area contributed by atoms with Gasteiger partial charge in [-0.15, -0.1) is 0 Å². The normalized spacial score (nSPS) is 10.5. The summed E-state index contributed by atoms with van der Waals surface area (Å²) in [5.74, 6) is -0.341. The average molecular weight is 339 g/mol. The first-order chi connectivity index (χ1) is 11.8. The van der Waals surface area contributed by atoms with Gasteiger partial charge >= 0.3 is 0 Å². The lowest BCUT2D eigenvalue weighted by atomic mass is 10.1. The fraction of sp³-hybridized carbons (Fsp3) is 0.300. The molecule has 0 unspecified atom stereocenters. The molecule has 2 amide bonds. The van der Waals surface area contributed by atoms with Crippen molar-refractivity contribution in [3.05, 3.63) is 53.6 Å². The van der Waals surface area contributed by atoms with Crippen molar-refractivity contribution in [1.82, 2.24) is 0 Å². The van der Waals surface area contributed by atoms with Crippen LogP contribution in [-0.2, 0) is 4.79 Å². The summed E-state index contributed by atoms with van der Waals surface area (Å²) in [6.45, 7) is 5.59. The summed E-state index contributed by atoms with van der Waals surface area (Å²) in [5, 5.41) is 5.78. The van der Waals surface area contributed by atoms with Crippen molar-refractivity contribution in [3.63, 3.8) is 0 Å². The van der Waals surface area contributed by atoms with Crippen LogP contribution in [0.25, 0.3) is 0 Å². The second kappa shape index (κ2) is 7.83. The van der Waals surface area contributed by atoms with E-state index in [9.17, 15) is 9.59 Å². The summed E-state index contributed by atoms with van der Waals surface area (Å²) >= 11 is 0. The van der Waals surface area contributed by atoms with E-state index in [1.54, 1.807) is 12.1 Å². The summed E-state index contributed by atoms with van der Waals surface area (Å²) in [7, 11) is 3.87. The Morgan fingerprint density at radius 1 is 1.00 bits per heavy atom. The highest BCUT2D eigenvalue weighted by Crippen LogP contribution is 2.22. The van der Waals surface area contributed by atoms with Crippen LogP contribution in [0.2, 0.25) is 0 Å². The molecule has 5 nitrogen and oxygen atoms in total. The molecule has 132 valence electrons. The van der Waals surface area contributed by atoms with Crippen molar-refractivity contribution in [2.45, 2.75) is 20.8 Å². The Labute approximate surface area is 149 Å². The fourth-order valence-corrected chi connectivity index (χ4v) is 2.24. The van der Waals surface area contributed by atoms with E-state index in [2.05, 4.69) is 10.6 Å². The molecule has 0 spiro atoms. The van der Waals surface area contributed by atoms with Gasteiger partial charge in [-0.05, 0) is 42.8 Å². The predicted octanol–water partition coefficient (Wildman–Crippen LogP) is 3.91. The highest BCUT2D eigenvalue weighted by molar-refractivity contribution is 6.05. The Morgan fingerprint density at radius 3 is 2.36 bits per heavy atom. The van der Waals surface area contributed by atoms with Gasteiger partial charge in [0.25, 0.3) is 5.91 Å². The van der Waals surface area contributed by atoms with Crippen molar-refractivity contribution in [3.8, 4) is 0 Å². The van der Waals surface area contributed by atoms with Crippen molar-refractivity contribution in [2.24, 2.45) is 5.92 Å². The van der Waals surface area contributed by atoms with Crippen LogP contribution in [0.15, 0.2) is 42.5 Å². The summed E-state index contributed by atoms with van der Waals surface area (Å²) < 4.78 is 0. The van der Waals surface area contributed by atoms with Crippen LogP contribution < -0.4 is 15.5 Å². The maximum absolute atomic E-state index is 12.6. The molecule has 0 saturated heterocycles. The van der Waals surface area contributed by atoms with Gasteiger partial charge in [0.2, 0.25) is 5.91 Å². The molecule has 2 aromatic rings. The van der Waals surface area contributed by atoms with E-state index in [1.807, 2.05) is 70.1 Å². The quantitative estimate of drug-likeness (QED) is 0.868. The third-order valence-electron chi connectivity index (χ3n) is 3.90. The molecule has 5 heteroatoms. The Hall–Kier alpha value is -2.82. The van der Waals surface area contributed by atoms with Crippen molar-refractivity contribution < 1.29 is 9.59 Å². The molecule has 0 aliphatic rings. The third-order valence-corrected chi connectivity index (χ3v) is 3.90. The lowest BCUT2D eigenvalue weighted by Gasteiger charge is -2.15. The minimum absolute atomic E-state index is 0.0557. The first-order valence-electron chi connectivity index (χ1n) is 8.28. The van der Waals surface area contributed by atoms with Gasteiger partial charge in [0.15, 0.2) is 0 Å². The summed E-state index contributed by atoms with van der Waals surface area (Å²) in [4.78, 5) is 26.4. The molecule has 0 fully saturated rings. The van der Waals surface area contributed by atoms with Crippen LogP contribution in [0.5, 0.6) is 0 Å². The molecule has 0 saturated carbocycles. The number of aryl methyl sites for hydroxylation is 1. The van der Waals surface area contributed by atoms with Gasteiger partial charge in [0, 0.05) is 42.6 Å². The molecular weight excluding hydrogens is 314 g/mol. The third kappa shape index (κ3) is 4.83. The lowest BCUT2D eigenvalue weighted by molar-refractivity contribution is -0.118. The smallest absolute Gasteiger partial charge is 0.255 e. The molecule has 0 aliphatic heterocycles. The van der Waals surface area contributed by atoms with Gasteiger partial charge in [-0.3, -0.25) is 9.59 Å². The second-order valence-corrected chi connectivity index (χ2v) is 6.57. The number of carbonyl (C=O) groups is 2. The zero-order valence-corrected chi connectivity index (χ0v) is 15.4. The highest BCUT2D eigenvalue weighted by Gasteiger charge is 2.11. The van der Waals surface area contributed by atoms with Gasteiger partial charge in [-0.2, -0.15) is 0 Å². The number of hydrogen-bond acceptors (Lipinski definition) is 3. The van der Waals surface area contributed by atoms with Crippen molar-refractivity contribution >= 4 is 28.9 Å². The Morgan fingerprint density at radius 2 is 1.72 bits per heavy atom. The van der Waals surface area contributed by atoms with Gasteiger partial charge in [-0.1, -0.05) is 26.0 Å². The first kappa shape index (κ1) is 18.5. The first-order valence-corrected chi connectivity index (χ1v) is 8.28. The van der Waals surface area contributed by atoms with Crippen molar-refractivity contribution in [2.75, 3.05) is 29.6 Å². The van der Waals surface area contributed by atoms with Gasteiger partial charge in [-0.25, -0.2) is 0 Å². The van der Waals surface area contributed by atoms with Crippen LogP contribution >= 0.6 is 0 Å². The van der Waals surface area contributed by atoms with Gasteiger partial charge in [0.1, 0.15) is 0 Å².